The van der Waals surface area contributed by atoms with Crippen molar-refractivity contribution in [1.82, 2.24) is 19.8 Å². The van der Waals surface area contributed by atoms with Gasteiger partial charge in [-0.25, -0.2) is 4.79 Å². The van der Waals surface area contributed by atoms with Gasteiger partial charge in [0.25, 0.3) is 0 Å². The van der Waals surface area contributed by atoms with Crippen LogP contribution in [0.3, 0.4) is 0 Å². The number of nitrogens with zero attached hydrogens (tertiary/aromatic N) is 7. The van der Waals surface area contributed by atoms with E-state index >= 15 is 0 Å². The summed E-state index contributed by atoms with van der Waals surface area (Å²) < 4.78 is 6.15. The van der Waals surface area contributed by atoms with Gasteiger partial charge in [0.15, 0.2) is 0 Å². The maximum atomic E-state index is 12.1. The Labute approximate surface area is 244 Å². The predicted molar refractivity (Wildman–Crippen MR) is 158 cm³/mol. The maximum Gasteiger partial charge on any atom is 0.407 e. The first-order chi connectivity index (χ1) is 20.3. The SMILES string of the molecule is Cc1cccc2cccc(N3CCc4c(nc(OC[C@@H]5CCC(=O)N5C)nc4N4CCN(C(=O)O)[C@@H](CC#N)C4)C3)c12. The Morgan fingerprint density at radius 1 is 1.10 bits per heavy atom. The summed E-state index contributed by atoms with van der Waals surface area (Å²) in [7, 11) is 1.80. The highest BCUT2D eigenvalue weighted by Crippen LogP contribution is 2.36. The number of carboxylic acid groups (broad SMARTS) is 1. The van der Waals surface area contributed by atoms with Crippen molar-refractivity contribution in [3.8, 4) is 12.1 Å². The van der Waals surface area contributed by atoms with E-state index in [1.165, 1.54) is 21.2 Å². The fraction of sp³-hybridized carbons (Fsp3) is 0.452. The number of anilines is 2. The van der Waals surface area contributed by atoms with E-state index in [1.807, 2.05) is 0 Å². The minimum absolute atomic E-state index is 0.0325. The van der Waals surface area contributed by atoms with Crippen LogP contribution < -0.4 is 14.5 Å². The van der Waals surface area contributed by atoms with Gasteiger partial charge in [-0.05, 0) is 36.8 Å². The van der Waals surface area contributed by atoms with E-state index in [0.29, 0.717) is 32.7 Å². The number of carbonyl (C=O) groups is 2. The highest BCUT2D eigenvalue weighted by Gasteiger charge is 2.34. The predicted octanol–water partition coefficient (Wildman–Crippen LogP) is 3.58. The van der Waals surface area contributed by atoms with E-state index in [-0.39, 0.29) is 30.9 Å². The van der Waals surface area contributed by atoms with Gasteiger partial charge in [0.2, 0.25) is 5.91 Å². The first-order valence-electron chi connectivity index (χ1n) is 14.5. The van der Waals surface area contributed by atoms with Crippen LogP contribution in [0.5, 0.6) is 6.01 Å². The zero-order valence-electron chi connectivity index (χ0n) is 24.0. The number of hydrogen-bond donors (Lipinski definition) is 1. The maximum absolute atomic E-state index is 12.1. The Hall–Kier alpha value is -4.59. The van der Waals surface area contributed by atoms with Gasteiger partial charge < -0.3 is 29.4 Å². The third-order valence-corrected chi connectivity index (χ3v) is 8.85. The molecule has 11 nitrogen and oxygen atoms in total. The summed E-state index contributed by atoms with van der Waals surface area (Å²) in [5.41, 5.74) is 4.29. The van der Waals surface area contributed by atoms with E-state index in [0.717, 1.165) is 42.1 Å². The van der Waals surface area contributed by atoms with Gasteiger partial charge in [-0.1, -0.05) is 30.3 Å². The molecule has 0 saturated carbocycles. The van der Waals surface area contributed by atoms with E-state index in [4.69, 9.17) is 14.7 Å². The summed E-state index contributed by atoms with van der Waals surface area (Å²) >= 11 is 0. The lowest BCUT2D eigenvalue weighted by Gasteiger charge is -2.41. The Morgan fingerprint density at radius 3 is 2.64 bits per heavy atom. The van der Waals surface area contributed by atoms with Crippen LogP contribution >= 0.6 is 0 Å². The lowest BCUT2D eigenvalue weighted by Crippen LogP contribution is -2.55. The second-order valence-electron chi connectivity index (χ2n) is 11.3. The number of amides is 2. The Balaban J connectivity index is 1.34. The third-order valence-electron chi connectivity index (χ3n) is 8.85. The molecule has 0 aliphatic carbocycles. The van der Waals surface area contributed by atoms with Crippen LogP contribution in [0.25, 0.3) is 10.8 Å². The standard InChI is InChI=1S/C31H35N7O4/c1-20-5-3-6-21-7-4-8-26(28(20)21)36-14-12-24-25(18-36)33-30(42-19-23-9-10-27(39)35(23)2)34-29(24)37-15-16-38(31(40)41)22(17-37)11-13-32/h3-8,22-23H,9-12,14-19H2,1-2H3,(H,40,41)/t22-,23-/m0/s1. The topological polar surface area (TPSA) is 126 Å². The fourth-order valence-electron chi connectivity index (χ4n) is 6.50. The number of aryl methyl sites for hydroxylation is 1. The fourth-order valence-corrected chi connectivity index (χ4v) is 6.50. The van der Waals surface area contributed by atoms with Gasteiger partial charge in [-0.2, -0.15) is 15.2 Å². The second-order valence-corrected chi connectivity index (χ2v) is 11.3. The molecule has 6 rings (SSSR count). The number of fused-ring (bicyclic) bond motifs is 2. The molecular weight excluding hydrogens is 534 g/mol. The number of likely N-dealkylation sites (tertiary alicyclic amines) is 1. The molecule has 218 valence electrons. The van der Waals surface area contributed by atoms with Crippen LogP contribution in [0.1, 0.15) is 36.1 Å². The Bertz CT molecular complexity index is 1570. The summed E-state index contributed by atoms with van der Waals surface area (Å²) in [4.78, 5) is 41.1. The number of benzene rings is 2. The van der Waals surface area contributed by atoms with Gasteiger partial charge in [0.05, 0.1) is 36.8 Å². The van der Waals surface area contributed by atoms with Gasteiger partial charge >= 0.3 is 12.1 Å². The van der Waals surface area contributed by atoms with Crippen molar-refractivity contribution in [2.45, 2.75) is 51.2 Å². The van der Waals surface area contributed by atoms with E-state index in [9.17, 15) is 20.0 Å². The number of hydrogen-bond acceptors (Lipinski definition) is 8. The molecule has 3 aliphatic heterocycles. The summed E-state index contributed by atoms with van der Waals surface area (Å²) in [5, 5.41) is 21.5. The van der Waals surface area contributed by atoms with Crippen molar-refractivity contribution in [1.29, 1.82) is 5.26 Å². The largest absolute Gasteiger partial charge is 0.465 e. The lowest BCUT2D eigenvalue weighted by molar-refractivity contribution is -0.127. The van der Waals surface area contributed by atoms with Crippen LogP contribution in [0.4, 0.5) is 16.3 Å². The van der Waals surface area contributed by atoms with E-state index in [2.05, 4.69) is 59.2 Å². The van der Waals surface area contributed by atoms with Crippen molar-refractivity contribution >= 4 is 34.3 Å². The molecule has 2 atom stereocenters. The number of likely N-dealkylation sites (N-methyl/N-ethyl adjacent to an activating group) is 1. The molecule has 0 radical (unpaired) electrons. The van der Waals surface area contributed by atoms with Gasteiger partial charge in [0, 0.05) is 56.3 Å². The van der Waals surface area contributed by atoms with Gasteiger partial charge in [-0.15, -0.1) is 0 Å². The number of piperazine rings is 1. The summed E-state index contributed by atoms with van der Waals surface area (Å²) in [6.45, 7) is 4.91. The van der Waals surface area contributed by atoms with Crippen molar-refractivity contribution < 1.29 is 19.4 Å². The lowest BCUT2D eigenvalue weighted by atomic mass is 9.99. The summed E-state index contributed by atoms with van der Waals surface area (Å²) in [6, 6.07) is 14.6. The van der Waals surface area contributed by atoms with Crippen molar-refractivity contribution in [2.75, 3.05) is 49.6 Å². The third kappa shape index (κ3) is 5.13. The number of nitriles is 1. The number of rotatable bonds is 6. The van der Waals surface area contributed by atoms with Crippen LogP contribution in [-0.4, -0.2) is 88.8 Å². The second kappa shape index (κ2) is 11.4. The van der Waals surface area contributed by atoms with Crippen molar-refractivity contribution in [3.63, 3.8) is 0 Å². The highest BCUT2D eigenvalue weighted by molar-refractivity contribution is 5.97. The van der Waals surface area contributed by atoms with Crippen LogP contribution in [0, 0.1) is 18.3 Å². The quantitative estimate of drug-likeness (QED) is 0.474. The molecule has 2 amide bonds. The molecule has 1 N–H and O–H groups in total. The van der Waals surface area contributed by atoms with Crippen LogP contribution in [-0.2, 0) is 17.8 Å². The molecular formula is C31H35N7O4. The number of aromatic nitrogens is 2. The van der Waals surface area contributed by atoms with Crippen molar-refractivity contribution in [3.05, 3.63) is 53.2 Å². The first-order valence-corrected chi connectivity index (χ1v) is 14.5. The molecule has 2 aromatic carbocycles. The minimum Gasteiger partial charge on any atom is -0.465 e. The highest BCUT2D eigenvalue weighted by atomic mass is 16.5. The molecule has 1 aromatic heterocycles. The normalized spacial score (nSPS) is 20.5. The molecule has 0 bridgehead atoms. The summed E-state index contributed by atoms with van der Waals surface area (Å²) in [6.07, 6.45) is 1.05. The van der Waals surface area contributed by atoms with Crippen LogP contribution in [0.2, 0.25) is 0 Å². The molecule has 2 saturated heterocycles. The molecule has 2 fully saturated rings. The Morgan fingerprint density at radius 2 is 1.90 bits per heavy atom. The average Bonchev–Trinajstić information content (AvgIpc) is 3.31. The Kier molecular flexibility index (Phi) is 7.45. The van der Waals surface area contributed by atoms with Crippen LogP contribution in [0.15, 0.2) is 36.4 Å². The molecule has 3 aliphatic rings. The van der Waals surface area contributed by atoms with E-state index < -0.39 is 12.1 Å². The van der Waals surface area contributed by atoms with Gasteiger partial charge in [0.1, 0.15) is 12.4 Å². The number of ether oxygens (including phenoxy) is 1. The molecule has 0 unspecified atom stereocenters. The monoisotopic (exact) mass is 569 g/mol. The van der Waals surface area contributed by atoms with Crippen molar-refractivity contribution in [2.24, 2.45) is 0 Å². The molecule has 3 aromatic rings. The minimum atomic E-state index is -1.01. The summed E-state index contributed by atoms with van der Waals surface area (Å²) in [5.74, 6) is 0.851. The molecule has 0 spiro atoms. The first kappa shape index (κ1) is 27.6. The zero-order valence-corrected chi connectivity index (χ0v) is 24.0. The average molecular weight is 570 g/mol. The zero-order chi connectivity index (χ0) is 29.4. The molecule has 11 heteroatoms. The van der Waals surface area contributed by atoms with Gasteiger partial charge in [-0.3, -0.25) is 4.79 Å². The smallest absolute Gasteiger partial charge is 0.407 e. The molecule has 42 heavy (non-hydrogen) atoms. The van der Waals surface area contributed by atoms with E-state index in [1.54, 1.807) is 11.9 Å². The number of carbonyl (C=O) groups excluding carboxylic acids is 1. The molecule has 4 heterocycles.